The molecule has 0 radical (unpaired) electrons. The van der Waals surface area contributed by atoms with Gasteiger partial charge in [-0.05, 0) is 67.1 Å². The fourth-order valence-electron chi connectivity index (χ4n) is 4.84. The van der Waals surface area contributed by atoms with E-state index in [0.29, 0.717) is 18.7 Å². The maximum Gasteiger partial charge on any atom is 0.229 e. The second kappa shape index (κ2) is 8.77. The Hall–Kier alpha value is -3.15. The van der Waals surface area contributed by atoms with E-state index in [0.717, 1.165) is 59.5 Å². The zero-order chi connectivity index (χ0) is 22.1. The van der Waals surface area contributed by atoms with Gasteiger partial charge in [0.05, 0.1) is 23.5 Å². The van der Waals surface area contributed by atoms with Crippen LogP contribution in [0.1, 0.15) is 60.5 Å². The van der Waals surface area contributed by atoms with Crippen molar-refractivity contribution in [3.05, 3.63) is 76.6 Å². The Balaban J connectivity index is 1.49. The smallest absolute Gasteiger partial charge is 0.229 e. The van der Waals surface area contributed by atoms with Crippen LogP contribution >= 0.6 is 0 Å². The van der Waals surface area contributed by atoms with Gasteiger partial charge in [-0.3, -0.25) is 4.79 Å². The number of benzene rings is 2. The van der Waals surface area contributed by atoms with Gasteiger partial charge in [0.1, 0.15) is 11.6 Å². The average Bonchev–Trinajstić information content (AvgIpc) is 2.80. The molecule has 0 aliphatic heterocycles. The fourth-order valence-corrected chi connectivity index (χ4v) is 4.84. The second-order valence-electron chi connectivity index (χ2n) is 8.74. The zero-order valence-corrected chi connectivity index (χ0v) is 17.8. The van der Waals surface area contributed by atoms with E-state index < -0.39 is 0 Å². The summed E-state index contributed by atoms with van der Waals surface area (Å²) in [5.41, 5.74) is 5.10. The second-order valence-corrected chi connectivity index (χ2v) is 8.74. The van der Waals surface area contributed by atoms with Crippen LogP contribution in [-0.2, 0) is 24.1 Å². The van der Waals surface area contributed by atoms with Crippen molar-refractivity contribution in [3.63, 3.8) is 0 Å². The summed E-state index contributed by atoms with van der Waals surface area (Å²) in [5, 5.41) is 2.99. The van der Waals surface area contributed by atoms with Gasteiger partial charge in [-0.2, -0.15) is 0 Å². The highest BCUT2D eigenvalue weighted by atomic mass is 19.1. The van der Waals surface area contributed by atoms with E-state index in [1.165, 1.54) is 24.6 Å². The molecule has 1 saturated carbocycles. The predicted molar refractivity (Wildman–Crippen MR) is 119 cm³/mol. The molecule has 1 heterocycles. The van der Waals surface area contributed by atoms with Crippen molar-refractivity contribution in [1.29, 1.82) is 0 Å². The van der Waals surface area contributed by atoms with Gasteiger partial charge in [0.2, 0.25) is 5.91 Å². The van der Waals surface area contributed by atoms with Crippen molar-refractivity contribution in [1.82, 2.24) is 9.97 Å². The number of aryl methyl sites for hydroxylation is 2. The van der Waals surface area contributed by atoms with Crippen LogP contribution in [-0.4, -0.2) is 15.9 Å². The minimum Gasteiger partial charge on any atom is -0.309 e. The molecule has 1 amide bonds. The van der Waals surface area contributed by atoms with Gasteiger partial charge in [0, 0.05) is 11.5 Å². The molecule has 0 saturated heterocycles. The third kappa shape index (κ3) is 4.27. The summed E-state index contributed by atoms with van der Waals surface area (Å²) < 4.78 is 26.9. The Kier molecular flexibility index (Phi) is 5.68. The molecule has 2 aliphatic rings. The van der Waals surface area contributed by atoms with Crippen LogP contribution in [0.4, 0.5) is 14.6 Å². The number of amides is 1. The van der Waals surface area contributed by atoms with E-state index in [-0.39, 0.29) is 29.9 Å². The number of carbonyl (C=O) groups excluding carboxylic acids is 1. The number of hydrogen-bond donors (Lipinski definition) is 1. The molecule has 0 atom stereocenters. The van der Waals surface area contributed by atoms with E-state index in [9.17, 15) is 13.6 Å². The Morgan fingerprint density at radius 3 is 2.47 bits per heavy atom. The maximum absolute atomic E-state index is 13.7. The standard InChI is InChI=1S/C26H25F2N3O/c27-19-9-6-16(7-10-19)14-23(32)30-26-24(17-4-2-1-3-5-17)31-25-21-12-11-20(28)15-18(21)8-13-22(25)29-26/h6-7,9-12,15,17H,1-5,8,13-14H2,(H,29,30,32). The maximum atomic E-state index is 13.7. The number of carbonyl (C=O) groups is 1. The van der Waals surface area contributed by atoms with Gasteiger partial charge in [-0.15, -0.1) is 0 Å². The van der Waals surface area contributed by atoms with Crippen LogP contribution in [0.5, 0.6) is 0 Å². The summed E-state index contributed by atoms with van der Waals surface area (Å²) in [5.74, 6) is 0.0230. The molecule has 32 heavy (non-hydrogen) atoms. The number of aromatic nitrogens is 2. The van der Waals surface area contributed by atoms with Crippen LogP contribution in [0, 0.1) is 11.6 Å². The molecule has 1 N–H and O–H groups in total. The lowest BCUT2D eigenvalue weighted by Gasteiger charge is -2.26. The topological polar surface area (TPSA) is 54.9 Å². The van der Waals surface area contributed by atoms with Crippen LogP contribution in [0.2, 0.25) is 0 Å². The summed E-state index contributed by atoms with van der Waals surface area (Å²) in [4.78, 5) is 22.7. The SMILES string of the molecule is O=C(Cc1ccc(F)cc1)Nc1nc2c(nc1C1CCCCC1)-c1ccc(F)cc1CC2. The number of nitrogens with one attached hydrogen (secondary N) is 1. The highest BCUT2D eigenvalue weighted by Crippen LogP contribution is 2.39. The van der Waals surface area contributed by atoms with Crippen molar-refractivity contribution >= 4 is 11.7 Å². The molecule has 0 bridgehead atoms. The molecule has 1 aromatic heterocycles. The van der Waals surface area contributed by atoms with Crippen LogP contribution in [0.15, 0.2) is 42.5 Å². The third-order valence-corrected chi connectivity index (χ3v) is 6.48. The number of anilines is 1. The van der Waals surface area contributed by atoms with Gasteiger partial charge in [0.15, 0.2) is 5.82 Å². The summed E-state index contributed by atoms with van der Waals surface area (Å²) in [6.45, 7) is 0. The Morgan fingerprint density at radius 1 is 0.938 bits per heavy atom. The summed E-state index contributed by atoms with van der Waals surface area (Å²) in [7, 11) is 0. The number of hydrogen-bond acceptors (Lipinski definition) is 3. The Labute approximate surface area is 186 Å². The monoisotopic (exact) mass is 433 g/mol. The molecule has 0 spiro atoms. The Bertz CT molecular complexity index is 1150. The molecule has 2 aromatic carbocycles. The summed E-state index contributed by atoms with van der Waals surface area (Å²) in [6, 6.07) is 10.8. The molecule has 2 aliphatic carbocycles. The van der Waals surface area contributed by atoms with Crippen molar-refractivity contribution in [2.45, 2.75) is 57.3 Å². The third-order valence-electron chi connectivity index (χ3n) is 6.48. The van der Waals surface area contributed by atoms with Crippen molar-refractivity contribution in [2.75, 3.05) is 5.32 Å². The lowest BCUT2D eigenvalue weighted by Crippen LogP contribution is -2.21. The van der Waals surface area contributed by atoms with E-state index in [2.05, 4.69) is 5.32 Å². The molecule has 1 fully saturated rings. The quantitative estimate of drug-likeness (QED) is 0.570. The van der Waals surface area contributed by atoms with Crippen LogP contribution in [0.25, 0.3) is 11.3 Å². The largest absolute Gasteiger partial charge is 0.309 e. The highest BCUT2D eigenvalue weighted by molar-refractivity contribution is 5.92. The summed E-state index contributed by atoms with van der Waals surface area (Å²) >= 11 is 0. The lowest BCUT2D eigenvalue weighted by atomic mass is 9.85. The van der Waals surface area contributed by atoms with Gasteiger partial charge in [-0.1, -0.05) is 31.4 Å². The Morgan fingerprint density at radius 2 is 1.69 bits per heavy atom. The molecule has 4 nitrogen and oxygen atoms in total. The minimum atomic E-state index is -0.325. The minimum absolute atomic E-state index is 0.144. The number of halogens is 2. The first kappa shape index (κ1) is 20.7. The molecule has 164 valence electrons. The molecule has 3 aromatic rings. The predicted octanol–water partition coefficient (Wildman–Crippen LogP) is 5.75. The van der Waals surface area contributed by atoms with Gasteiger partial charge in [0.25, 0.3) is 0 Å². The van der Waals surface area contributed by atoms with Gasteiger partial charge >= 0.3 is 0 Å². The van der Waals surface area contributed by atoms with Crippen molar-refractivity contribution in [3.8, 4) is 11.3 Å². The lowest BCUT2D eigenvalue weighted by molar-refractivity contribution is -0.115. The van der Waals surface area contributed by atoms with E-state index in [1.54, 1.807) is 24.3 Å². The first-order valence-corrected chi connectivity index (χ1v) is 11.3. The average molecular weight is 434 g/mol. The number of fused-ring (bicyclic) bond motifs is 3. The molecular weight excluding hydrogens is 408 g/mol. The van der Waals surface area contributed by atoms with E-state index >= 15 is 0 Å². The molecule has 6 heteroatoms. The highest BCUT2D eigenvalue weighted by Gasteiger charge is 2.27. The number of rotatable bonds is 4. The van der Waals surface area contributed by atoms with Gasteiger partial charge < -0.3 is 5.32 Å². The zero-order valence-electron chi connectivity index (χ0n) is 17.8. The molecule has 5 rings (SSSR count). The van der Waals surface area contributed by atoms with E-state index in [1.807, 2.05) is 0 Å². The number of nitrogens with zero attached hydrogens (tertiary/aromatic N) is 2. The van der Waals surface area contributed by atoms with Crippen LogP contribution < -0.4 is 5.32 Å². The van der Waals surface area contributed by atoms with Gasteiger partial charge in [-0.25, -0.2) is 18.7 Å². The normalized spacial score (nSPS) is 15.7. The molecular formula is C26H25F2N3O. The first-order chi connectivity index (χ1) is 15.6. The van der Waals surface area contributed by atoms with Crippen molar-refractivity contribution < 1.29 is 13.6 Å². The summed E-state index contributed by atoms with van der Waals surface area (Å²) in [6.07, 6.45) is 7.01. The first-order valence-electron chi connectivity index (χ1n) is 11.3. The van der Waals surface area contributed by atoms with E-state index in [4.69, 9.17) is 9.97 Å². The van der Waals surface area contributed by atoms with Crippen molar-refractivity contribution in [2.24, 2.45) is 0 Å². The molecule has 0 unspecified atom stereocenters. The van der Waals surface area contributed by atoms with Crippen LogP contribution in [0.3, 0.4) is 0 Å². The fraction of sp³-hybridized carbons (Fsp3) is 0.346.